The van der Waals surface area contributed by atoms with E-state index in [4.69, 9.17) is 4.74 Å². The normalized spacial score (nSPS) is 31.7. The molecule has 1 aromatic carbocycles. The van der Waals surface area contributed by atoms with E-state index in [0.29, 0.717) is 23.7 Å². The fraction of sp³-hybridized carbons (Fsp3) is 0.667. The molecule has 1 N–H and O–H groups in total. The summed E-state index contributed by atoms with van der Waals surface area (Å²) >= 11 is 0. The molecule has 4 nitrogen and oxygen atoms in total. The molecule has 4 fully saturated rings. The first-order valence-corrected chi connectivity index (χ1v) is 10.9. The average Bonchev–Trinajstić information content (AvgIpc) is 2.61. The van der Waals surface area contributed by atoms with Crippen molar-refractivity contribution in [2.24, 2.45) is 23.2 Å². The fourth-order valence-electron chi connectivity index (χ4n) is 6.27. The van der Waals surface area contributed by atoms with Gasteiger partial charge in [0.2, 0.25) is 0 Å². The van der Waals surface area contributed by atoms with Gasteiger partial charge < -0.3 is 10.1 Å². The van der Waals surface area contributed by atoms with Crippen molar-refractivity contribution in [3.05, 3.63) is 29.3 Å². The first-order valence-electron chi connectivity index (χ1n) is 10.9. The second-order valence-corrected chi connectivity index (χ2v) is 9.93. The van der Waals surface area contributed by atoms with Crippen LogP contribution in [0.5, 0.6) is 0 Å². The van der Waals surface area contributed by atoms with E-state index >= 15 is 0 Å². The summed E-state index contributed by atoms with van der Waals surface area (Å²) in [5.74, 6) is 1.98. The molecular formula is C24H33NO3. The Morgan fingerprint density at radius 1 is 1.04 bits per heavy atom. The molecule has 152 valence electrons. The van der Waals surface area contributed by atoms with Crippen LogP contribution in [0.15, 0.2) is 18.2 Å². The van der Waals surface area contributed by atoms with Crippen LogP contribution >= 0.6 is 0 Å². The van der Waals surface area contributed by atoms with Crippen LogP contribution in [0.4, 0.5) is 5.69 Å². The van der Waals surface area contributed by atoms with Crippen molar-refractivity contribution in [3.63, 3.8) is 0 Å². The third-order valence-corrected chi connectivity index (χ3v) is 7.30. The molecule has 0 heterocycles. The summed E-state index contributed by atoms with van der Waals surface area (Å²) < 4.78 is 5.76. The Morgan fingerprint density at radius 3 is 2.14 bits per heavy atom. The smallest absolute Gasteiger partial charge is 0.312 e. The predicted octanol–water partition coefficient (Wildman–Crippen LogP) is 5.21. The van der Waals surface area contributed by atoms with Crippen molar-refractivity contribution in [1.29, 1.82) is 0 Å². The zero-order valence-electron chi connectivity index (χ0n) is 17.6. The van der Waals surface area contributed by atoms with Gasteiger partial charge in [0.25, 0.3) is 5.91 Å². The lowest BCUT2D eigenvalue weighted by atomic mass is 9.49. The van der Waals surface area contributed by atoms with E-state index in [1.807, 2.05) is 25.1 Å². The van der Waals surface area contributed by atoms with E-state index in [1.165, 1.54) is 19.3 Å². The van der Waals surface area contributed by atoms with Gasteiger partial charge in [-0.1, -0.05) is 32.0 Å². The van der Waals surface area contributed by atoms with E-state index in [9.17, 15) is 9.59 Å². The van der Waals surface area contributed by atoms with Gasteiger partial charge in [-0.3, -0.25) is 9.59 Å². The van der Waals surface area contributed by atoms with Crippen molar-refractivity contribution in [2.75, 3.05) is 5.32 Å². The van der Waals surface area contributed by atoms with Crippen molar-refractivity contribution in [2.45, 2.75) is 78.2 Å². The predicted molar refractivity (Wildman–Crippen MR) is 110 cm³/mol. The molecule has 4 aliphatic carbocycles. The number of ether oxygens (including phenoxy) is 1. The van der Waals surface area contributed by atoms with Gasteiger partial charge in [0.05, 0.1) is 5.41 Å². The maximum absolute atomic E-state index is 13.1. The second-order valence-electron chi connectivity index (χ2n) is 9.93. The fourth-order valence-corrected chi connectivity index (χ4v) is 6.27. The Morgan fingerprint density at radius 2 is 1.61 bits per heavy atom. The number of hydrogen-bond acceptors (Lipinski definition) is 3. The van der Waals surface area contributed by atoms with E-state index in [1.54, 1.807) is 6.92 Å². The zero-order chi connectivity index (χ0) is 20.1. The first kappa shape index (κ1) is 19.5. The van der Waals surface area contributed by atoms with Crippen molar-refractivity contribution >= 4 is 17.6 Å². The Balaban J connectivity index is 1.44. The number of amides is 1. The molecule has 0 spiro atoms. The molecule has 0 aromatic heterocycles. The van der Waals surface area contributed by atoms with Gasteiger partial charge in [-0.25, -0.2) is 0 Å². The molecule has 0 saturated heterocycles. The highest BCUT2D eigenvalue weighted by atomic mass is 16.5. The number of anilines is 1. The molecule has 0 aliphatic heterocycles. The van der Waals surface area contributed by atoms with E-state index in [2.05, 4.69) is 19.2 Å². The third kappa shape index (κ3) is 3.46. The number of benzene rings is 1. The summed E-state index contributed by atoms with van der Waals surface area (Å²) in [6.45, 7) is 7.91. The Kier molecular flexibility index (Phi) is 5.01. The Bertz CT molecular complexity index is 747. The van der Waals surface area contributed by atoms with Crippen molar-refractivity contribution in [3.8, 4) is 0 Å². The maximum atomic E-state index is 13.1. The average molecular weight is 384 g/mol. The van der Waals surface area contributed by atoms with Gasteiger partial charge in [0, 0.05) is 5.69 Å². The Labute approximate surface area is 168 Å². The van der Waals surface area contributed by atoms with Gasteiger partial charge >= 0.3 is 5.97 Å². The zero-order valence-corrected chi connectivity index (χ0v) is 17.6. The molecule has 4 heteroatoms. The molecule has 4 bridgehead atoms. The molecule has 4 saturated carbocycles. The number of hydrogen-bond donors (Lipinski definition) is 1. The molecule has 1 aromatic rings. The SMILES string of the molecule is Cc1cccc(C(C)C)c1NC(=O)[C@@H](C)OC(=O)C12CC3CC(CC(C3)C1)C2. The van der Waals surface area contributed by atoms with Crippen LogP contribution in [0, 0.1) is 30.1 Å². The molecule has 1 amide bonds. The summed E-state index contributed by atoms with van der Waals surface area (Å²) in [5.41, 5.74) is 2.65. The number of carbonyl (C=O) groups excluding carboxylic acids is 2. The van der Waals surface area contributed by atoms with Crippen LogP contribution in [-0.4, -0.2) is 18.0 Å². The lowest BCUT2D eigenvalue weighted by Crippen LogP contribution is -2.51. The standard InChI is InChI=1S/C24H33NO3/c1-14(2)20-7-5-6-15(3)21(20)25-22(26)16(4)28-23(27)24-11-17-8-18(12-24)10-19(9-17)13-24/h5-7,14,16-19H,8-13H2,1-4H3,(H,25,26)/t16-,17?,18?,19?,24?/m1/s1. The first-order chi connectivity index (χ1) is 13.3. The molecule has 0 unspecified atom stereocenters. The van der Waals surface area contributed by atoms with Crippen molar-refractivity contribution < 1.29 is 14.3 Å². The van der Waals surface area contributed by atoms with Gasteiger partial charge in [-0.05, 0) is 87.2 Å². The number of rotatable bonds is 5. The van der Waals surface area contributed by atoms with Gasteiger partial charge in [-0.15, -0.1) is 0 Å². The molecule has 0 radical (unpaired) electrons. The molecule has 5 rings (SSSR count). The van der Waals surface area contributed by atoms with E-state index in [-0.39, 0.29) is 17.3 Å². The summed E-state index contributed by atoms with van der Waals surface area (Å²) in [4.78, 5) is 25.9. The molecule has 28 heavy (non-hydrogen) atoms. The highest BCUT2D eigenvalue weighted by Gasteiger charge is 2.55. The summed E-state index contributed by atoms with van der Waals surface area (Å²) in [7, 11) is 0. The monoisotopic (exact) mass is 383 g/mol. The van der Waals surface area contributed by atoms with Gasteiger partial charge in [-0.2, -0.15) is 0 Å². The highest BCUT2D eigenvalue weighted by molar-refractivity contribution is 5.96. The lowest BCUT2D eigenvalue weighted by molar-refractivity contribution is -0.177. The third-order valence-electron chi connectivity index (χ3n) is 7.30. The van der Waals surface area contributed by atoms with Crippen molar-refractivity contribution in [1.82, 2.24) is 0 Å². The molecular weight excluding hydrogens is 350 g/mol. The Hall–Kier alpha value is -1.84. The van der Waals surface area contributed by atoms with Crippen LogP contribution in [0.2, 0.25) is 0 Å². The number of nitrogens with one attached hydrogen (secondary N) is 1. The molecule has 4 aliphatic rings. The number of esters is 1. The summed E-state index contributed by atoms with van der Waals surface area (Å²) in [6, 6.07) is 6.05. The van der Waals surface area contributed by atoms with E-state index < -0.39 is 6.10 Å². The van der Waals surface area contributed by atoms with Gasteiger partial charge in [0.1, 0.15) is 0 Å². The van der Waals surface area contributed by atoms with Gasteiger partial charge in [0.15, 0.2) is 6.10 Å². The number of aryl methyl sites for hydroxylation is 1. The second kappa shape index (κ2) is 7.20. The van der Waals surface area contributed by atoms with Crippen LogP contribution in [-0.2, 0) is 14.3 Å². The summed E-state index contributed by atoms with van der Waals surface area (Å²) in [5, 5.41) is 3.02. The topological polar surface area (TPSA) is 55.4 Å². The minimum Gasteiger partial charge on any atom is -0.452 e. The van der Waals surface area contributed by atoms with Crippen LogP contribution in [0.25, 0.3) is 0 Å². The maximum Gasteiger partial charge on any atom is 0.312 e. The van der Waals surface area contributed by atoms with Crippen LogP contribution < -0.4 is 5.32 Å². The van der Waals surface area contributed by atoms with Crippen LogP contribution in [0.3, 0.4) is 0 Å². The lowest BCUT2D eigenvalue weighted by Gasteiger charge is -2.55. The van der Waals surface area contributed by atoms with Crippen LogP contribution in [0.1, 0.15) is 76.3 Å². The minimum absolute atomic E-state index is 0.136. The molecule has 1 atom stereocenters. The number of para-hydroxylation sites is 1. The minimum atomic E-state index is -0.778. The quantitative estimate of drug-likeness (QED) is 0.711. The van der Waals surface area contributed by atoms with E-state index in [0.717, 1.165) is 36.1 Å². The largest absolute Gasteiger partial charge is 0.452 e. The number of carbonyl (C=O) groups is 2. The highest BCUT2D eigenvalue weighted by Crippen LogP contribution is 2.60. The summed E-state index contributed by atoms with van der Waals surface area (Å²) in [6.07, 6.45) is 5.96.